The lowest BCUT2D eigenvalue weighted by Gasteiger charge is -2.45. The Morgan fingerprint density at radius 1 is 1.39 bits per heavy atom. The molecule has 1 aromatic heterocycles. The van der Waals surface area contributed by atoms with Gasteiger partial charge in [-0.1, -0.05) is 12.8 Å². The van der Waals surface area contributed by atoms with E-state index in [9.17, 15) is 0 Å². The molecule has 1 aliphatic heterocycles. The van der Waals surface area contributed by atoms with Crippen LogP contribution < -0.4 is 5.32 Å². The van der Waals surface area contributed by atoms with Crippen LogP contribution in [0.1, 0.15) is 42.4 Å². The van der Waals surface area contributed by atoms with Gasteiger partial charge in [-0.2, -0.15) is 0 Å². The molecule has 1 saturated carbocycles. The second kappa shape index (κ2) is 4.95. The topological polar surface area (TPSA) is 15.3 Å². The van der Waals surface area contributed by atoms with Crippen molar-refractivity contribution in [2.75, 3.05) is 13.1 Å². The Hall–Kier alpha value is -0.380. The molecule has 1 saturated heterocycles. The number of hydrogen-bond acceptors (Lipinski definition) is 3. The van der Waals surface area contributed by atoms with E-state index in [0.717, 1.165) is 13.1 Å². The van der Waals surface area contributed by atoms with Crippen LogP contribution in [-0.2, 0) is 6.54 Å². The monoisotopic (exact) mass is 264 g/mol. The summed E-state index contributed by atoms with van der Waals surface area (Å²) in [6, 6.07) is 5.22. The summed E-state index contributed by atoms with van der Waals surface area (Å²) in [4.78, 5) is 5.64. The van der Waals surface area contributed by atoms with Crippen LogP contribution in [0.2, 0.25) is 0 Å². The molecule has 1 aromatic rings. The summed E-state index contributed by atoms with van der Waals surface area (Å²) in [5, 5.41) is 3.83. The average molecular weight is 264 g/mol. The molecule has 100 valence electrons. The van der Waals surface area contributed by atoms with E-state index in [0.29, 0.717) is 11.6 Å². The zero-order valence-corrected chi connectivity index (χ0v) is 12.4. The minimum absolute atomic E-state index is 0.443. The summed E-state index contributed by atoms with van der Waals surface area (Å²) in [7, 11) is 0. The largest absolute Gasteiger partial charge is 0.308 e. The van der Waals surface area contributed by atoms with Crippen LogP contribution in [0, 0.1) is 6.92 Å². The lowest BCUT2D eigenvalue weighted by Crippen LogP contribution is -2.61. The molecular formula is C15H24N2S. The molecule has 1 spiro atoms. The summed E-state index contributed by atoms with van der Waals surface area (Å²) >= 11 is 1.95. The SMILES string of the molecule is Cc1ccc(CN2CC3(CCCC3)NCC2C)s1. The summed E-state index contributed by atoms with van der Waals surface area (Å²) in [6.45, 7) is 8.10. The summed E-state index contributed by atoms with van der Waals surface area (Å²) in [5.41, 5.74) is 0.443. The van der Waals surface area contributed by atoms with E-state index in [1.165, 1.54) is 42.0 Å². The number of nitrogens with zero attached hydrogens (tertiary/aromatic N) is 1. The van der Waals surface area contributed by atoms with Crippen LogP contribution in [-0.4, -0.2) is 29.6 Å². The molecule has 0 bridgehead atoms. The molecule has 1 unspecified atom stereocenters. The van der Waals surface area contributed by atoms with Crippen molar-refractivity contribution in [1.82, 2.24) is 10.2 Å². The molecule has 0 amide bonds. The van der Waals surface area contributed by atoms with Gasteiger partial charge in [-0.3, -0.25) is 4.90 Å². The first-order chi connectivity index (χ1) is 8.67. The highest BCUT2D eigenvalue weighted by atomic mass is 32.1. The Balaban J connectivity index is 1.69. The Kier molecular flexibility index (Phi) is 3.48. The lowest BCUT2D eigenvalue weighted by molar-refractivity contribution is 0.0836. The third-order valence-electron chi connectivity index (χ3n) is 4.62. The van der Waals surface area contributed by atoms with Crippen LogP contribution in [0.3, 0.4) is 0 Å². The van der Waals surface area contributed by atoms with Crippen molar-refractivity contribution < 1.29 is 0 Å². The van der Waals surface area contributed by atoms with Crippen molar-refractivity contribution in [3.05, 3.63) is 21.9 Å². The van der Waals surface area contributed by atoms with Crippen molar-refractivity contribution in [2.24, 2.45) is 0 Å². The molecule has 1 aliphatic carbocycles. The fourth-order valence-electron chi connectivity index (χ4n) is 3.46. The number of nitrogens with one attached hydrogen (secondary N) is 1. The Morgan fingerprint density at radius 2 is 2.17 bits per heavy atom. The minimum Gasteiger partial charge on any atom is -0.308 e. The van der Waals surface area contributed by atoms with Gasteiger partial charge in [0.05, 0.1) is 0 Å². The average Bonchev–Trinajstić information content (AvgIpc) is 2.95. The molecule has 1 atom stereocenters. The maximum absolute atomic E-state index is 3.83. The molecule has 2 heterocycles. The number of rotatable bonds is 2. The third-order valence-corrected chi connectivity index (χ3v) is 5.60. The van der Waals surface area contributed by atoms with Gasteiger partial charge in [0.25, 0.3) is 0 Å². The first kappa shape index (κ1) is 12.6. The summed E-state index contributed by atoms with van der Waals surface area (Å²) in [5.74, 6) is 0. The van der Waals surface area contributed by atoms with Crippen LogP contribution in [0.4, 0.5) is 0 Å². The fraction of sp³-hybridized carbons (Fsp3) is 0.733. The predicted octanol–water partition coefficient (Wildman–Crippen LogP) is 3.16. The number of aryl methyl sites for hydroxylation is 1. The normalized spacial score (nSPS) is 28.0. The van der Waals surface area contributed by atoms with Crippen LogP contribution in [0.25, 0.3) is 0 Å². The molecule has 2 aliphatic rings. The van der Waals surface area contributed by atoms with Gasteiger partial charge < -0.3 is 5.32 Å². The Labute approximate surface area is 114 Å². The van der Waals surface area contributed by atoms with Gasteiger partial charge in [0.15, 0.2) is 0 Å². The maximum Gasteiger partial charge on any atom is 0.0332 e. The Bertz CT molecular complexity index is 406. The van der Waals surface area contributed by atoms with E-state index in [1.54, 1.807) is 0 Å². The molecule has 1 N–H and O–H groups in total. The summed E-state index contributed by atoms with van der Waals surface area (Å²) in [6.07, 6.45) is 5.57. The molecular weight excluding hydrogens is 240 g/mol. The number of hydrogen-bond donors (Lipinski definition) is 1. The second-order valence-electron chi connectivity index (χ2n) is 6.13. The molecule has 0 aromatic carbocycles. The van der Waals surface area contributed by atoms with Crippen molar-refractivity contribution in [1.29, 1.82) is 0 Å². The maximum atomic E-state index is 3.83. The molecule has 2 nitrogen and oxygen atoms in total. The highest BCUT2D eigenvalue weighted by Crippen LogP contribution is 2.34. The highest BCUT2D eigenvalue weighted by Gasteiger charge is 2.39. The third kappa shape index (κ3) is 2.49. The van der Waals surface area contributed by atoms with Gasteiger partial charge in [-0.25, -0.2) is 0 Å². The van der Waals surface area contributed by atoms with Gasteiger partial charge in [0.2, 0.25) is 0 Å². The van der Waals surface area contributed by atoms with Crippen molar-refractivity contribution in [2.45, 2.75) is 57.7 Å². The minimum atomic E-state index is 0.443. The smallest absolute Gasteiger partial charge is 0.0332 e. The van der Waals surface area contributed by atoms with E-state index in [-0.39, 0.29) is 0 Å². The zero-order valence-electron chi connectivity index (χ0n) is 11.5. The van der Waals surface area contributed by atoms with Crippen LogP contribution in [0.15, 0.2) is 12.1 Å². The van der Waals surface area contributed by atoms with Gasteiger partial charge in [0.1, 0.15) is 0 Å². The molecule has 3 rings (SSSR count). The second-order valence-corrected chi connectivity index (χ2v) is 7.51. The molecule has 18 heavy (non-hydrogen) atoms. The van der Waals surface area contributed by atoms with Gasteiger partial charge in [-0.15, -0.1) is 11.3 Å². The molecule has 2 fully saturated rings. The van der Waals surface area contributed by atoms with E-state index in [1.807, 2.05) is 11.3 Å². The first-order valence-electron chi connectivity index (χ1n) is 7.21. The highest BCUT2D eigenvalue weighted by molar-refractivity contribution is 7.11. The predicted molar refractivity (Wildman–Crippen MR) is 78.1 cm³/mol. The Morgan fingerprint density at radius 3 is 2.83 bits per heavy atom. The summed E-state index contributed by atoms with van der Waals surface area (Å²) < 4.78 is 0. The van der Waals surface area contributed by atoms with E-state index in [2.05, 4.69) is 36.2 Å². The van der Waals surface area contributed by atoms with Crippen molar-refractivity contribution >= 4 is 11.3 Å². The van der Waals surface area contributed by atoms with Gasteiger partial charge in [0, 0.05) is 41.0 Å². The standard InChI is InChI=1S/C15H24N2S/c1-12-9-16-15(7-3-4-8-15)11-17(12)10-14-6-5-13(2)18-14/h5-6,12,16H,3-4,7-11H2,1-2H3. The number of piperazine rings is 1. The van der Waals surface area contributed by atoms with Crippen LogP contribution in [0.5, 0.6) is 0 Å². The van der Waals surface area contributed by atoms with Gasteiger partial charge in [-0.05, 0) is 38.8 Å². The van der Waals surface area contributed by atoms with Crippen molar-refractivity contribution in [3.8, 4) is 0 Å². The van der Waals surface area contributed by atoms with Crippen molar-refractivity contribution in [3.63, 3.8) is 0 Å². The van der Waals surface area contributed by atoms with E-state index < -0.39 is 0 Å². The molecule has 0 radical (unpaired) electrons. The fourth-order valence-corrected chi connectivity index (χ4v) is 4.38. The van der Waals surface area contributed by atoms with E-state index >= 15 is 0 Å². The zero-order chi connectivity index (χ0) is 12.6. The first-order valence-corrected chi connectivity index (χ1v) is 8.03. The van der Waals surface area contributed by atoms with Gasteiger partial charge >= 0.3 is 0 Å². The quantitative estimate of drug-likeness (QED) is 0.882. The molecule has 3 heteroatoms. The van der Waals surface area contributed by atoms with E-state index in [4.69, 9.17) is 0 Å². The van der Waals surface area contributed by atoms with Crippen LogP contribution >= 0.6 is 11.3 Å². The lowest BCUT2D eigenvalue weighted by atomic mass is 9.92. The number of thiophene rings is 1.